The van der Waals surface area contributed by atoms with Crippen LogP contribution in [0.4, 0.5) is 4.39 Å². The molecule has 4 unspecified atom stereocenters. The largest absolute Gasteiger partial charge is 0.423 e. The van der Waals surface area contributed by atoms with Crippen molar-refractivity contribution in [1.82, 2.24) is 0 Å². The van der Waals surface area contributed by atoms with Gasteiger partial charge in [0.1, 0.15) is 11.6 Å². The van der Waals surface area contributed by atoms with Crippen molar-refractivity contribution in [2.75, 3.05) is 0 Å². The van der Waals surface area contributed by atoms with E-state index in [0.717, 1.165) is 42.6 Å². The summed E-state index contributed by atoms with van der Waals surface area (Å²) in [4.78, 5) is 12.5. The molecule has 32 heavy (non-hydrogen) atoms. The van der Waals surface area contributed by atoms with Crippen LogP contribution in [0.1, 0.15) is 99.0 Å². The van der Waals surface area contributed by atoms with E-state index in [1.807, 2.05) is 18.2 Å². The minimum absolute atomic E-state index is 0.263. The van der Waals surface area contributed by atoms with E-state index in [9.17, 15) is 4.79 Å². The van der Waals surface area contributed by atoms with Crippen molar-refractivity contribution in [2.24, 2.45) is 17.8 Å². The Hall–Kier alpha value is -2.16. The van der Waals surface area contributed by atoms with Crippen molar-refractivity contribution < 1.29 is 13.9 Å². The fraction of sp³-hybridized carbons (Fsp3) is 0.552. The van der Waals surface area contributed by atoms with Gasteiger partial charge in [-0.05, 0) is 97.6 Å². The zero-order chi connectivity index (χ0) is 22.5. The average Bonchev–Trinajstić information content (AvgIpc) is 2.82. The molecule has 0 heterocycles. The minimum Gasteiger partial charge on any atom is -0.423 e. The lowest BCUT2D eigenvalue weighted by atomic mass is 9.63. The summed E-state index contributed by atoms with van der Waals surface area (Å²) in [6.07, 6.45) is 12.4. The SMILES string of the molecule is CCCCC1CCC2CC(c3ccc(C(=O)Oc4ccc(CC)cc4)cc3F)CCC2C1. The van der Waals surface area contributed by atoms with E-state index in [0.29, 0.717) is 5.75 Å². The normalized spacial score (nSPS) is 25.2. The summed E-state index contributed by atoms with van der Waals surface area (Å²) >= 11 is 0. The molecule has 0 bridgehead atoms. The molecular weight excluding hydrogens is 399 g/mol. The molecule has 2 nitrogen and oxygen atoms in total. The monoisotopic (exact) mass is 436 g/mol. The first-order valence-electron chi connectivity index (χ1n) is 12.7. The Bertz CT molecular complexity index is 904. The van der Waals surface area contributed by atoms with Crippen LogP contribution in [0.25, 0.3) is 0 Å². The van der Waals surface area contributed by atoms with E-state index >= 15 is 4.39 Å². The number of fused-ring (bicyclic) bond motifs is 1. The predicted octanol–water partition coefficient (Wildman–Crippen LogP) is 8.10. The quantitative estimate of drug-likeness (QED) is 0.324. The Morgan fingerprint density at radius 1 is 0.969 bits per heavy atom. The van der Waals surface area contributed by atoms with Crippen LogP contribution in [0.2, 0.25) is 0 Å². The van der Waals surface area contributed by atoms with Crippen LogP contribution in [0.5, 0.6) is 5.75 Å². The van der Waals surface area contributed by atoms with Gasteiger partial charge in [-0.2, -0.15) is 0 Å². The summed E-state index contributed by atoms with van der Waals surface area (Å²) in [6, 6.07) is 12.4. The van der Waals surface area contributed by atoms with Gasteiger partial charge in [-0.3, -0.25) is 0 Å². The molecule has 0 aliphatic heterocycles. The Balaban J connectivity index is 1.36. The maximum atomic E-state index is 15.1. The number of esters is 1. The van der Waals surface area contributed by atoms with Gasteiger partial charge in [0.05, 0.1) is 5.56 Å². The lowest BCUT2D eigenvalue weighted by Gasteiger charge is -2.42. The van der Waals surface area contributed by atoms with Crippen molar-refractivity contribution in [3.63, 3.8) is 0 Å². The van der Waals surface area contributed by atoms with Gasteiger partial charge >= 0.3 is 5.97 Å². The summed E-state index contributed by atoms with van der Waals surface area (Å²) in [6.45, 7) is 4.36. The first kappa shape index (κ1) is 23.0. The molecule has 0 N–H and O–H groups in total. The third-order valence-electron chi connectivity index (χ3n) is 7.91. The van der Waals surface area contributed by atoms with Crippen LogP contribution >= 0.6 is 0 Å². The maximum Gasteiger partial charge on any atom is 0.343 e. The first-order chi connectivity index (χ1) is 15.6. The van der Waals surface area contributed by atoms with Crippen LogP contribution < -0.4 is 4.74 Å². The van der Waals surface area contributed by atoms with Gasteiger partial charge in [0.25, 0.3) is 0 Å². The molecule has 0 amide bonds. The van der Waals surface area contributed by atoms with E-state index in [-0.39, 0.29) is 17.3 Å². The van der Waals surface area contributed by atoms with Crippen molar-refractivity contribution >= 4 is 5.97 Å². The molecule has 4 atom stereocenters. The Morgan fingerprint density at radius 3 is 2.44 bits per heavy atom. The first-order valence-corrected chi connectivity index (χ1v) is 12.7. The van der Waals surface area contributed by atoms with Gasteiger partial charge in [0.15, 0.2) is 0 Å². The highest BCUT2D eigenvalue weighted by Gasteiger charge is 2.36. The third kappa shape index (κ3) is 5.42. The van der Waals surface area contributed by atoms with Crippen LogP contribution in [-0.2, 0) is 6.42 Å². The highest BCUT2D eigenvalue weighted by molar-refractivity contribution is 5.91. The van der Waals surface area contributed by atoms with Gasteiger partial charge in [0.2, 0.25) is 0 Å². The topological polar surface area (TPSA) is 26.3 Å². The third-order valence-corrected chi connectivity index (χ3v) is 7.91. The second kappa shape index (κ2) is 10.6. The fourth-order valence-electron chi connectivity index (χ4n) is 5.97. The number of unbranched alkanes of at least 4 members (excludes halogenated alkanes) is 1. The second-order valence-corrected chi connectivity index (χ2v) is 9.97. The van der Waals surface area contributed by atoms with Crippen molar-refractivity contribution in [3.8, 4) is 5.75 Å². The molecule has 0 spiro atoms. The van der Waals surface area contributed by atoms with E-state index in [4.69, 9.17) is 4.74 Å². The zero-order valence-corrected chi connectivity index (χ0v) is 19.6. The number of benzene rings is 2. The van der Waals surface area contributed by atoms with Crippen molar-refractivity contribution in [3.05, 3.63) is 65.0 Å². The van der Waals surface area contributed by atoms with E-state index in [2.05, 4.69) is 13.8 Å². The molecule has 0 saturated heterocycles. The molecule has 2 aliphatic rings. The molecule has 2 aliphatic carbocycles. The summed E-state index contributed by atoms with van der Waals surface area (Å²) in [5.41, 5.74) is 2.24. The predicted molar refractivity (Wildman–Crippen MR) is 128 cm³/mol. The standard InChI is InChI=1S/C29H37FO2/c1-3-5-6-21-7-10-23-18-24(12-11-22(23)17-21)27-16-13-25(19-28(27)30)29(31)32-26-14-8-20(4-2)9-15-26/h8-9,13-16,19,21-24H,3-7,10-12,17-18H2,1-2H3. The number of carbonyl (C=O) groups excluding carboxylic acids is 1. The number of carbonyl (C=O) groups is 1. The van der Waals surface area contributed by atoms with Crippen LogP contribution in [0.3, 0.4) is 0 Å². The molecule has 4 rings (SSSR count). The summed E-state index contributed by atoms with van der Waals surface area (Å²) in [7, 11) is 0. The number of rotatable bonds is 7. The van der Waals surface area contributed by atoms with Crippen LogP contribution in [0, 0.1) is 23.6 Å². The molecule has 2 aromatic rings. The average molecular weight is 437 g/mol. The van der Waals surface area contributed by atoms with Gasteiger partial charge in [0, 0.05) is 0 Å². The van der Waals surface area contributed by atoms with Crippen molar-refractivity contribution in [1.29, 1.82) is 0 Å². The number of ether oxygens (including phenoxy) is 1. The molecule has 0 radical (unpaired) electrons. The summed E-state index contributed by atoms with van der Waals surface area (Å²) in [5, 5.41) is 0. The Kier molecular flexibility index (Phi) is 7.65. The van der Waals surface area contributed by atoms with Gasteiger partial charge in [-0.1, -0.05) is 57.7 Å². The number of hydrogen-bond acceptors (Lipinski definition) is 2. The maximum absolute atomic E-state index is 15.1. The number of aryl methyl sites for hydroxylation is 1. The van der Waals surface area contributed by atoms with Gasteiger partial charge in [-0.25, -0.2) is 9.18 Å². The van der Waals surface area contributed by atoms with E-state index in [1.165, 1.54) is 56.6 Å². The van der Waals surface area contributed by atoms with E-state index in [1.54, 1.807) is 18.2 Å². The molecule has 2 aromatic carbocycles. The second-order valence-electron chi connectivity index (χ2n) is 9.97. The van der Waals surface area contributed by atoms with Gasteiger partial charge in [-0.15, -0.1) is 0 Å². The molecule has 172 valence electrons. The highest BCUT2D eigenvalue weighted by Crippen LogP contribution is 2.48. The summed E-state index contributed by atoms with van der Waals surface area (Å²) in [5.74, 6) is 2.47. The molecular formula is C29H37FO2. The van der Waals surface area contributed by atoms with Crippen molar-refractivity contribution in [2.45, 2.75) is 84.0 Å². The lowest BCUT2D eigenvalue weighted by molar-refractivity contribution is 0.0734. The lowest BCUT2D eigenvalue weighted by Crippen LogP contribution is -2.30. The molecule has 3 heteroatoms. The minimum atomic E-state index is -0.506. The number of halogens is 1. The Morgan fingerprint density at radius 2 is 1.72 bits per heavy atom. The summed E-state index contributed by atoms with van der Waals surface area (Å²) < 4.78 is 20.5. The molecule has 0 aromatic heterocycles. The van der Waals surface area contributed by atoms with Gasteiger partial charge < -0.3 is 4.74 Å². The number of hydrogen-bond donors (Lipinski definition) is 0. The fourth-order valence-corrected chi connectivity index (χ4v) is 5.97. The Labute approximate surface area is 192 Å². The highest BCUT2D eigenvalue weighted by atomic mass is 19.1. The van der Waals surface area contributed by atoms with Crippen LogP contribution in [0.15, 0.2) is 42.5 Å². The zero-order valence-electron chi connectivity index (χ0n) is 19.6. The molecule has 2 fully saturated rings. The smallest absolute Gasteiger partial charge is 0.343 e. The molecule has 2 saturated carbocycles. The van der Waals surface area contributed by atoms with E-state index < -0.39 is 5.97 Å². The van der Waals surface area contributed by atoms with Crippen LogP contribution in [-0.4, -0.2) is 5.97 Å².